The van der Waals surface area contributed by atoms with Crippen molar-refractivity contribution < 1.29 is 4.79 Å². The molecule has 1 amide bonds. The quantitative estimate of drug-likeness (QED) is 0.760. The van der Waals surface area contributed by atoms with Crippen molar-refractivity contribution in [2.45, 2.75) is 26.4 Å². The monoisotopic (exact) mass is 349 g/mol. The molecule has 1 unspecified atom stereocenters. The highest BCUT2D eigenvalue weighted by Crippen LogP contribution is 2.16. The Kier molecular flexibility index (Phi) is 5.17. The highest BCUT2D eigenvalue weighted by atomic mass is 16.2. The molecule has 0 bridgehead atoms. The van der Waals surface area contributed by atoms with E-state index >= 15 is 0 Å². The zero-order chi connectivity index (χ0) is 18.5. The zero-order valence-electron chi connectivity index (χ0n) is 14.6. The average molecular weight is 349 g/mol. The van der Waals surface area contributed by atoms with E-state index in [4.69, 9.17) is 0 Å². The first-order chi connectivity index (χ1) is 12.5. The van der Waals surface area contributed by atoms with E-state index in [1.807, 2.05) is 36.4 Å². The van der Waals surface area contributed by atoms with Crippen LogP contribution in [0, 0.1) is 6.92 Å². The third-order valence-electron chi connectivity index (χ3n) is 3.94. The molecule has 132 valence electrons. The molecule has 0 radical (unpaired) electrons. The Morgan fingerprint density at radius 2 is 1.92 bits per heavy atom. The first-order valence-corrected chi connectivity index (χ1v) is 8.25. The molecule has 1 aromatic carbocycles. The smallest absolute Gasteiger partial charge is 0.267 e. The molecule has 1 atom stereocenters. The third-order valence-corrected chi connectivity index (χ3v) is 3.94. The minimum atomic E-state index is -0.710. The standard InChI is InChI=1S/C19H19N5O2/c1-13-8-9-18(25)24(23-13)14(2)19(26)20-11-16-10-17(22-12-21-16)15-6-4-3-5-7-15/h3-10,12,14H,11H2,1-2H3,(H,20,26). The second kappa shape index (κ2) is 7.69. The van der Waals surface area contributed by atoms with Crippen LogP contribution in [0.4, 0.5) is 0 Å². The molecular weight excluding hydrogens is 330 g/mol. The van der Waals surface area contributed by atoms with Crippen molar-refractivity contribution in [2.75, 3.05) is 0 Å². The molecule has 0 saturated heterocycles. The summed E-state index contributed by atoms with van der Waals surface area (Å²) in [6.07, 6.45) is 1.47. The van der Waals surface area contributed by atoms with E-state index in [2.05, 4.69) is 20.4 Å². The summed E-state index contributed by atoms with van der Waals surface area (Å²) >= 11 is 0. The van der Waals surface area contributed by atoms with Crippen molar-refractivity contribution >= 4 is 5.91 Å². The fourth-order valence-electron chi connectivity index (χ4n) is 2.50. The van der Waals surface area contributed by atoms with Gasteiger partial charge in [-0.25, -0.2) is 14.6 Å². The predicted octanol–water partition coefficient (Wildman–Crippen LogP) is 1.89. The molecule has 3 rings (SSSR count). The minimum absolute atomic E-state index is 0.242. The second-order valence-corrected chi connectivity index (χ2v) is 5.91. The Morgan fingerprint density at radius 1 is 1.15 bits per heavy atom. The Hall–Kier alpha value is -3.35. The van der Waals surface area contributed by atoms with Gasteiger partial charge in [-0.15, -0.1) is 0 Å². The number of hydrogen-bond acceptors (Lipinski definition) is 5. The molecule has 26 heavy (non-hydrogen) atoms. The lowest BCUT2D eigenvalue weighted by Crippen LogP contribution is -2.36. The van der Waals surface area contributed by atoms with Gasteiger partial charge in [-0.1, -0.05) is 30.3 Å². The SMILES string of the molecule is Cc1ccc(=O)n(C(C)C(=O)NCc2cc(-c3ccccc3)ncn2)n1. The Balaban J connectivity index is 1.70. The number of amides is 1. The van der Waals surface area contributed by atoms with Crippen molar-refractivity contribution in [1.82, 2.24) is 25.1 Å². The topological polar surface area (TPSA) is 89.8 Å². The fraction of sp³-hybridized carbons (Fsp3) is 0.211. The Bertz CT molecular complexity index is 969. The van der Waals surface area contributed by atoms with Gasteiger partial charge in [0.05, 0.1) is 23.6 Å². The van der Waals surface area contributed by atoms with Crippen LogP contribution in [0.25, 0.3) is 11.3 Å². The molecule has 1 N–H and O–H groups in total. The van der Waals surface area contributed by atoms with Gasteiger partial charge >= 0.3 is 0 Å². The number of hydrogen-bond donors (Lipinski definition) is 1. The molecule has 0 fully saturated rings. The molecule has 7 heteroatoms. The van der Waals surface area contributed by atoms with Crippen LogP contribution >= 0.6 is 0 Å². The van der Waals surface area contributed by atoms with Gasteiger partial charge in [0.15, 0.2) is 0 Å². The maximum absolute atomic E-state index is 12.4. The summed E-state index contributed by atoms with van der Waals surface area (Å²) in [5.41, 5.74) is 2.81. The predicted molar refractivity (Wildman–Crippen MR) is 97.3 cm³/mol. The summed E-state index contributed by atoms with van der Waals surface area (Å²) in [4.78, 5) is 32.7. The van der Waals surface area contributed by atoms with E-state index in [0.29, 0.717) is 11.4 Å². The maximum atomic E-state index is 12.4. The molecule has 0 aliphatic heterocycles. The first kappa shape index (κ1) is 17.5. The summed E-state index contributed by atoms with van der Waals surface area (Å²) in [7, 11) is 0. The molecule has 7 nitrogen and oxygen atoms in total. The summed E-state index contributed by atoms with van der Waals surface area (Å²) in [6, 6.07) is 13.9. The lowest BCUT2D eigenvalue weighted by Gasteiger charge is -2.14. The van der Waals surface area contributed by atoms with Gasteiger partial charge in [0, 0.05) is 11.6 Å². The van der Waals surface area contributed by atoms with Gasteiger partial charge in [-0.3, -0.25) is 9.59 Å². The molecular formula is C19H19N5O2. The number of benzene rings is 1. The van der Waals surface area contributed by atoms with Crippen LogP contribution in [-0.2, 0) is 11.3 Å². The van der Waals surface area contributed by atoms with Gasteiger partial charge in [0.2, 0.25) is 5.91 Å². The van der Waals surface area contributed by atoms with Crippen LogP contribution in [-0.4, -0.2) is 25.7 Å². The van der Waals surface area contributed by atoms with Crippen molar-refractivity contribution in [3.05, 3.63) is 76.6 Å². The van der Waals surface area contributed by atoms with Crippen molar-refractivity contribution in [3.63, 3.8) is 0 Å². The van der Waals surface area contributed by atoms with Crippen molar-refractivity contribution in [1.29, 1.82) is 0 Å². The average Bonchev–Trinajstić information content (AvgIpc) is 2.68. The lowest BCUT2D eigenvalue weighted by atomic mass is 10.1. The normalized spacial score (nSPS) is 11.8. The van der Waals surface area contributed by atoms with Crippen molar-refractivity contribution in [2.24, 2.45) is 0 Å². The summed E-state index contributed by atoms with van der Waals surface area (Å²) < 4.78 is 1.18. The highest BCUT2D eigenvalue weighted by molar-refractivity contribution is 5.79. The van der Waals surface area contributed by atoms with Gasteiger partial charge in [-0.2, -0.15) is 5.10 Å². The van der Waals surface area contributed by atoms with Gasteiger partial charge in [-0.05, 0) is 26.0 Å². The van der Waals surface area contributed by atoms with Crippen LogP contribution < -0.4 is 10.9 Å². The Labute approximate surface area is 150 Å². The number of aryl methyl sites for hydroxylation is 1. The molecule has 0 spiro atoms. The van der Waals surface area contributed by atoms with Crippen molar-refractivity contribution in [3.8, 4) is 11.3 Å². The van der Waals surface area contributed by atoms with Crippen LogP contribution in [0.15, 0.2) is 59.7 Å². The van der Waals surface area contributed by atoms with E-state index in [9.17, 15) is 9.59 Å². The third kappa shape index (κ3) is 4.00. The lowest BCUT2D eigenvalue weighted by molar-refractivity contribution is -0.124. The van der Waals surface area contributed by atoms with Crippen LogP contribution in [0.1, 0.15) is 24.4 Å². The summed E-state index contributed by atoms with van der Waals surface area (Å²) in [5, 5.41) is 6.91. The van der Waals surface area contributed by atoms with Gasteiger partial charge in [0.1, 0.15) is 12.4 Å². The molecule has 0 aliphatic carbocycles. The largest absolute Gasteiger partial charge is 0.349 e. The van der Waals surface area contributed by atoms with Crippen LogP contribution in [0.3, 0.4) is 0 Å². The van der Waals surface area contributed by atoms with E-state index in [1.165, 1.54) is 17.1 Å². The highest BCUT2D eigenvalue weighted by Gasteiger charge is 2.17. The molecule has 2 heterocycles. The summed E-state index contributed by atoms with van der Waals surface area (Å²) in [6.45, 7) is 3.65. The van der Waals surface area contributed by atoms with E-state index in [1.54, 1.807) is 19.9 Å². The summed E-state index contributed by atoms with van der Waals surface area (Å²) in [5.74, 6) is -0.301. The zero-order valence-corrected chi connectivity index (χ0v) is 14.6. The number of nitrogens with one attached hydrogen (secondary N) is 1. The molecule has 0 saturated carbocycles. The van der Waals surface area contributed by atoms with E-state index in [0.717, 1.165) is 11.3 Å². The first-order valence-electron chi connectivity index (χ1n) is 8.25. The minimum Gasteiger partial charge on any atom is -0.349 e. The molecule has 2 aromatic heterocycles. The second-order valence-electron chi connectivity index (χ2n) is 5.91. The van der Waals surface area contributed by atoms with Crippen LogP contribution in [0.2, 0.25) is 0 Å². The molecule has 0 aliphatic rings. The molecule has 3 aromatic rings. The Morgan fingerprint density at radius 3 is 2.69 bits per heavy atom. The number of carbonyl (C=O) groups is 1. The van der Waals surface area contributed by atoms with E-state index in [-0.39, 0.29) is 18.0 Å². The maximum Gasteiger partial charge on any atom is 0.267 e. The van der Waals surface area contributed by atoms with Crippen LogP contribution in [0.5, 0.6) is 0 Å². The number of rotatable bonds is 5. The van der Waals surface area contributed by atoms with E-state index < -0.39 is 6.04 Å². The van der Waals surface area contributed by atoms with Gasteiger partial charge < -0.3 is 5.32 Å². The number of carbonyl (C=O) groups excluding carboxylic acids is 1. The fourth-order valence-corrected chi connectivity index (χ4v) is 2.50. The number of aromatic nitrogens is 4. The number of nitrogens with zero attached hydrogens (tertiary/aromatic N) is 4. The van der Waals surface area contributed by atoms with Gasteiger partial charge in [0.25, 0.3) is 5.56 Å².